The normalized spacial score (nSPS) is 21.3. The van der Waals surface area contributed by atoms with Crippen LogP contribution in [-0.4, -0.2) is 86.1 Å². The minimum Gasteiger partial charge on any atom is -0.357 e. The summed E-state index contributed by atoms with van der Waals surface area (Å²) in [6, 6.07) is 9.21. The second-order valence-electron chi connectivity index (χ2n) is 13.5. The second kappa shape index (κ2) is 13.0. The number of imide groups is 1. The first-order chi connectivity index (χ1) is 24.3. The van der Waals surface area contributed by atoms with Gasteiger partial charge in [0.2, 0.25) is 11.8 Å². The Bertz CT molecular complexity index is 2070. The lowest BCUT2D eigenvalue weighted by Crippen LogP contribution is -2.52. The van der Waals surface area contributed by atoms with Crippen molar-refractivity contribution >= 4 is 46.2 Å². The molecular weight excluding hydrogens is 634 g/mol. The van der Waals surface area contributed by atoms with Gasteiger partial charge in [0.1, 0.15) is 23.4 Å². The average Bonchev–Trinajstić information content (AvgIpc) is 3.84. The van der Waals surface area contributed by atoms with Crippen LogP contribution in [0.2, 0.25) is 0 Å². The number of fused-ring (bicyclic) bond motifs is 2. The number of carbonyl (C=O) groups is 4. The van der Waals surface area contributed by atoms with Gasteiger partial charge in [0.05, 0.1) is 17.9 Å². The minimum atomic E-state index is -0.654. The van der Waals surface area contributed by atoms with Crippen LogP contribution in [-0.2, 0) is 16.1 Å². The third kappa shape index (κ3) is 6.07. The molecule has 3 saturated heterocycles. The van der Waals surface area contributed by atoms with E-state index in [0.29, 0.717) is 36.2 Å². The molecule has 8 rings (SSSR count). The number of aromatic nitrogens is 4. The van der Waals surface area contributed by atoms with Crippen molar-refractivity contribution < 1.29 is 19.2 Å². The second-order valence-corrected chi connectivity index (χ2v) is 13.5. The molecule has 2 atom stereocenters. The zero-order valence-corrected chi connectivity index (χ0v) is 27.7. The quantitative estimate of drug-likeness (QED) is 0.214. The van der Waals surface area contributed by atoms with Gasteiger partial charge in [-0.15, -0.1) is 0 Å². The molecule has 0 bridgehead atoms. The number of likely N-dealkylation sites (tertiary alicyclic amines) is 1. The maximum atomic E-state index is 13.2. The van der Waals surface area contributed by atoms with E-state index in [1.54, 1.807) is 23.4 Å². The van der Waals surface area contributed by atoms with Gasteiger partial charge in [-0.25, -0.2) is 15.0 Å². The molecule has 13 nitrogen and oxygen atoms in total. The van der Waals surface area contributed by atoms with Crippen LogP contribution in [0.5, 0.6) is 0 Å². The number of H-pyrrole nitrogens is 1. The van der Waals surface area contributed by atoms with Crippen molar-refractivity contribution in [3.05, 3.63) is 77.0 Å². The molecule has 3 fully saturated rings. The summed E-state index contributed by atoms with van der Waals surface area (Å²) in [5, 5.41) is 6.20. The number of pyridine rings is 1. The number of benzene rings is 1. The van der Waals surface area contributed by atoms with E-state index >= 15 is 0 Å². The number of rotatable bonds is 5. The number of nitrogens with zero attached hydrogens (tertiary/aromatic N) is 6. The summed E-state index contributed by atoms with van der Waals surface area (Å²) in [5.41, 5.74) is 4.48. The number of hydrogen-bond acceptors (Lipinski definition) is 9. The third-order valence-electron chi connectivity index (χ3n) is 10.3. The Morgan fingerprint density at radius 2 is 1.82 bits per heavy atom. The molecule has 3 aromatic heterocycles. The molecule has 0 spiro atoms. The summed E-state index contributed by atoms with van der Waals surface area (Å²) < 4.78 is 0. The molecule has 13 heteroatoms. The molecule has 1 aromatic carbocycles. The number of anilines is 2. The Morgan fingerprint density at radius 1 is 0.960 bits per heavy atom. The van der Waals surface area contributed by atoms with Crippen LogP contribution in [0.4, 0.5) is 11.6 Å². The fraction of sp³-hybridized carbons (Fsp3) is 0.378. The third-order valence-corrected chi connectivity index (χ3v) is 10.3. The molecule has 4 aliphatic heterocycles. The van der Waals surface area contributed by atoms with E-state index in [1.165, 1.54) is 18.3 Å². The van der Waals surface area contributed by atoms with Crippen LogP contribution in [0, 0.1) is 17.8 Å². The summed E-state index contributed by atoms with van der Waals surface area (Å²) in [5.74, 6) is 6.74. The first-order valence-corrected chi connectivity index (χ1v) is 17.2. The van der Waals surface area contributed by atoms with E-state index in [2.05, 4.69) is 65.3 Å². The van der Waals surface area contributed by atoms with Gasteiger partial charge in [-0.05, 0) is 69.5 Å². The molecule has 4 aliphatic rings. The smallest absolute Gasteiger partial charge is 0.277 e. The molecule has 4 aromatic rings. The number of nitrogens with one attached hydrogen (secondary N) is 3. The zero-order chi connectivity index (χ0) is 34.4. The summed E-state index contributed by atoms with van der Waals surface area (Å²) >= 11 is 0. The highest BCUT2D eigenvalue weighted by atomic mass is 16.2. The SMILES string of the molecule is CN1CCC[C@@H]1c1cc2cnc(NC(=O)c3cnc(N4CCC(C#Cc5cccc6c5CN(C5CCC(=O)NC5=O)C6=O)CC4)cn3)cc2[nH]1. The van der Waals surface area contributed by atoms with E-state index in [0.717, 1.165) is 60.9 Å². The van der Waals surface area contributed by atoms with Crippen molar-refractivity contribution in [2.24, 2.45) is 5.92 Å². The Balaban J connectivity index is 0.864. The number of carbonyl (C=O) groups excluding carboxylic acids is 4. The number of aromatic amines is 1. The van der Waals surface area contributed by atoms with E-state index in [4.69, 9.17) is 0 Å². The van der Waals surface area contributed by atoms with Gasteiger partial charge in [-0.1, -0.05) is 17.9 Å². The molecule has 50 heavy (non-hydrogen) atoms. The first kappa shape index (κ1) is 31.6. The molecule has 0 saturated carbocycles. The predicted octanol–water partition coefficient (Wildman–Crippen LogP) is 3.40. The van der Waals surface area contributed by atoms with Crippen LogP contribution in [0.3, 0.4) is 0 Å². The summed E-state index contributed by atoms with van der Waals surface area (Å²) in [7, 11) is 2.14. The average molecular weight is 672 g/mol. The molecule has 4 amide bonds. The van der Waals surface area contributed by atoms with Crippen molar-refractivity contribution in [3.8, 4) is 11.8 Å². The maximum absolute atomic E-state index is 13.2. The van der Waals surface area contributed by atoms with Crippen molar-refractivity contribution in [1.29, 1.82) is 0 Å². The number of amides is 4. The van der Waals surface area contributed by atoms with Crippen LogP contribution >= 0.6 is 0 Å². The minimum absolute atomic E-state index is 0.170. The first-order valence-electron chi connectivity index (χ1n) is 17.2. The zero-order valence-electron chi connectivity index (χ0n) is 27.7. The lowest BCUT2D eigenvalue weighted by Gasteiger charge is -2.30. The molecule has 0 aliphatic carbocycles. The van der Waals surface area contributed by atoms with Gasteiger partial charge in [-0.3, -0.25) is 29.4 Å². The van der Waals surface area contributed by atoms with Crippen LogP contribution < -0.4 is 15.5 Å². The Morgan fingerprint density at radius 3 is 2.58 bits per heavy atom. The number of hydrogen-bond donors (Lipinski definition) is 3. The maximum Gasteiger partial charge on any atom is 0.277 e. The largest absolute Gasteiger partial charge is 0.357 e. The highest BCUT2D eigenvalue weighted by molar-refractivity contribution is 6.06. The van der Waals surface area contributed by atoms with Gasteiger partial charge < -0.3 is 20.1 Å². The van der Waals surface area contributed by atoms with Gasteiger partial charge in [-0.2, -0.15) is 0 Å². The standard InChI is InChI=1S/C37H37N9O4/c1-44-13-3-6-30(44)28-16-24-18-39-32(17-27(24)41-28)42-35(48)29-19-40-33(20-38-29)45-14-11-22(12-15-45)7-8-23-4-2-5-25-26(23)21-46(37(25)50)31-9-10-34(47)43-36(31)49/h2,4-5,16-20,22,30-31,41H,3,6,9-15,21H2,1H3,(H,39,42,48)(H,43,47,49)/t30-,31?/m1/s1. The molecule has 0 radical (unpaired) electrons. The topological polar surface area (TPSA) is 157 Å². The van der Waals surface area contributed by atoms with Crippen LogP contribution in [0.25, 0.3) is 10.9 Å². The van der Waals surface area contributed by atoms with E-state index < -0.39 is 11.9 Å². The van der Waals surface area contributed by atoms with Gasteiger partial charge in [0.15, 0.2) is 0 Å². The lowest BCUT2D eigenvalue weighted by atomic mass is 9.96. The fourth-order valence-electron chi connectivity index (χ4n) is 7.52. The lowest BCUT2D eigenvalue weighted by molar-refractivity contribution is -0.136. The molecule has 254 valence electrons. The van der Waals surface area contributed by atoms with E-state index in [1.807, 2.05) is 18.2 Å². The van der Waals surface area contributed by atoms with Crippen molar-refractivity contribution in [2.75, 3.05) is 36.9 Å². The van der Waals surface area contributed by atoms with Crippen molar-refractivity contribution in [1.82, 2.24) is 35.1 Å². The van der Waals surface area contributed by atoms with E-state index in [-0.39, 0.29) is 35.8 Å². The molecule has 3 N–H and O–H groups in total. The van der Waals surface area contributed by atoms with Crippen molar-refractivity contribution in [2.45, 2.75) is 57.2 Å². The Labute approximate surface area is 288 Å². The molecular formula is C37H37N9O4. The van der Waals surface area contributed by atoms with Gasteiger partial charge in [0, 0.05) is 72.5 Å². The van der Waals surface area contributed by atoms with Crippen LogP contribution in [0.15, 0.2) is 48.9 Å². The van der Waals surface area contributed by atoms with Crippen LogP contribution in [0.1, 0.15) is 82.2 Å². The van der Waals surface area contributed by atoms with Crippen molar-refractivity contribution in [3.63, 3.8) is 0 Å². The summed E-state index contributed by atoms with van der Waals surface area (Å²) in [6.07, 6.45) is 9.41. The number of piperidine rings is 2. The van der Waals surface area contributed by atoms with Gasteiger partial charge in [0.25, 0.3) is 11.8 Å². The molecule has 7 heterocycles. The summed E-state index contributed by atoms with van der Waals surface area (Å²) in [4.78, 5) is 73.1. The highest BCUT2D eigenvalue weighted by Crippen LogP contribution is 2.33. The Kier molecular flexibility index (Phi) is 8.24. The summed E-state index contributed by atoms with van der Waals surface area (Å²) in [6.45, 7) is 2.87. The predicted molar refractivity (Wildman–Crippen MR) is 185 cm³/mol. The fourth-order valence-corrected chi connectivity index (χ4v) is 7.52. The van der Waals surface area contributed by atoms with E-state index in [9.17, 15) is 19.2 Å². The van der Waals surface area contributed by atoms with Gasteiger partial charge >= 0.3 is 0 Å². The Hall–Kier alpha value is -5.61. The monoisotopic (exact) mass is 671 g/mol. The highest BCUT2D eigenvalue weighted by Gasteiger charge is 2.39. The molecule has 1 unspecified atom stereocenters.